The Morgan fingerprint density at radius 2 is 2.00 bits per heavy atom. The van der Waals surface area contributed by atoms with Crippen molar-refractivity contribution >= 4 is 34.3 Å². The van der Waals surface area contributed by atoms with Crippen LogP contribution in [0, 0.1) is 6.92 Å². The van der Waals surface area contributed by atoms with Crippen molar-refractivity contribution in [3.8, 4) is 0 Å². The Morgan fingerprint density at radius 1 is 1.25 bits per heavy atom. The van der Waals surface area contributed by atoms with E-state index in [0.717, 1.165) is 0 Å². The third-order valence-corrected chi connectivity index (χ3v) is 1.88. The van der Waals surface area contributed by atoms with Crippen molar-refractivity contribution in [3.63, 3.8) is 0 Å². The van der Waals surface area contributed by atoms with Crippen LogP contribution in [0.5, 0.6) is 0 Å². The number of hydrogen-bond acceptors (Lipinski definition) is 4. The van der Waals surface area contributed by atoms with Crippen LogP contribution in [-0.4, -0.2) is 15.1 Å². The smallest absolute Gasteiger partial charge is 0.263 e. The fourth-order valence-corrected chi connectivity index (χ4v) is 1.42. The lowest BCUT2D eigenvalue weighted by Crippen LogP contribution is -1.83. The lowest BCUT2D eigenvalue weighted by atomic mass is 10.3. The summed E-state index contributed by atoms with van der Waals surface area (Å²) in [5, 5.41) is 4.62. The van der Waals surface area contributed by atoms with E-state index < -0.39 is 0 Å². The predicted molar refractivity (Wildman–Crippen MR) is 44.4 cm³/mol. The number of hydrogen-bond donors (Lipinski definition) is 0. The van der Waals surface area contributed by atoms with E-state index in [-0.39, 0.29) is 10.4 Å². The summed E-state index contributed by atoms with van der Waals surface area (Å²) in [6.07, 6.45) is 0. The van der Waals surface area contributed by atoms with E-state index in [1.54, 1.807) is 6.92 Å². The van der Waals surface area contributed by atoms with Crippen LogP contribution in [0.3, 0.4) is 0 Å². The third-order valence-electron chi connectivity index (χ3n) is 1.44. The molecule has 62 valence electrons. The second-order valence-corrected chi connectivity index (χ2v) is 2.93. The first kappa shape index (κ1) is 7.76. The SMILES string of the molecule is Cc1noc2nc(Cl)nc(Cl)c12. The maximum absolute atomic E-state index is 5.77. The fourth-order valence-electron chi connectivity index (χ4n) is 0.917. The highest BCUT2D eigenvalue weighted by atomic mass is 35.5. The molecule has 2 aromatic rings. The van der Waals surface area contributed by atoms with E-state index >= 15 is 0 Å². The summed E-state index contributed by atoms with van der Waals surface area (Å²) in [7, 11) is 0. The van der Waals surface area contributed by atoms with Gasteiger partial charge in [0, 0.05) is 0 Å². The van der Waals surface area contributed by atoms with Gasteiger partial charge in [-0.1, -0.05) is 16.8 Å². The molecule has 12 heavy (non-hydrogen) atoms. The monoisotopic (exact) mass is 203 g/mol. The lowest BCUT2D eigenvalue weighted by Gasteiger charge is -1.91. The number of rotatable bonds is 0. The standard InChI is InChI=1S/C6H3Cl2N3O/c1-2-3-4(7)9-6(8)10-5(3)12-11-2/h1H3. The molecule has 0 aromatic carbocycles. The molecule has 0 unspecified atom stereocenters. The van der Waals surface area contributed by atoms with Crippen molar-refractivity contribution < 1.29 is 4.52 Å². The van der Waals surface area contributed by atoms with E-state index in [4.69, 9.17) is 27.7 Å². The van der Waals surface area contributed by atoms with Crippen LogP contribution < -0.4 is 0 Å². The zero-order valence-electron chi connectivity index (χ0n) is 6.01. The molecule has 0 aliphatic carbocycles. The zero-order valence-corrected chi connectivity index (χ0v) is 7.52. The summed E-state index contributed by atoms with van der Waals surface area (Å²) in [6.45, 7) is 1.76. The van der Waals surface area contributed by atoms with E-state index in [2.05, 4.69) is 15.1 Å². The van der Waals surface area contributed by atoms with E-state index in [1.165, 1.54) is 0 Å². The quantitative estimate of drug-likeness (QED) is 0.487. The van der Waals surface area contributed by atoms with Crippen LogP contribution in [0.4, 0.5) is 0 Å². The molecule has 0 spiro atoms. The number of nitrogens with zero attached hydrogens (tertiary/aromatic N) is 3. The maximum atomic E-state index is 5.77. The molecule has 0 aliphatic rings. The van der Waals surface area contributed by atoms with Crippen molar-refractivity contribution in [2.45, 2.75) is 6.92 Å². The first-order chi connectivity index (χ1) is 5.68. The van der Waals surface area contributed by atoms with Gasteiger partial charge in [-0.15, -0.1) is 0 Å². The Labute approximate surface area is 77.5 Å². The highest BCUT2D eigenvalue weighted by Crippen LogP contribution is 2.24. The number of halogens is 2. The minimum Gasteiger partial charge on any atom is -0.335 e. The molecule has 0 radical (unpaired) electrons. The van der Waals surface area contributed by atoms with Gasteiger partial charge in [-0.25, -0.2) is 4.98 Å². The summed E-state index contributed by atoms with van der Waals surface area (Å²) in [6, 6.07) is 0. The summed E-state index contributed by atoms with van der Waals surface area (Å²) in [5.74, 6) is 0. The van der Waals surface area contributed by atoms with Gasteiger partial charge in [-0.05, 0) is 18.5 Å². The molecule has 2 aromatic heterocycles. The second-order valence-electron chi connectivity index (χ2n) is 2.23. The lowest BCUT2D eigenvalue weighted by molar-refractivity contribution is 0.442. The van der Waals surface area contributed by atoms with Gasteiger partial charge in [0.05, 0.1) is 5.69 Å². The number of aryl methyl sites for hydroxylation is 1. The van der Waals surface area contributed by atoms with Crippen LogP contribution in [0.2, 0.25) is 10.4 Å². The molecular formula is C6H3Cl2N3O. The molecule has 0 N–H and O–H groups in total. The Hall–Kier alpha value is -0.870. The molecule has 0 saturated carbocycles. The zero-order chi connectivity index (χ0) is 8.72. The van der Waals surface area contributed by atoms with Gasteiger partial charge in [0.15, 0.2) is 0 Å². The predicted octanol–water partition coefficient (Wildman–Crippen LogP) is 2.23. The maximum Gasteiger partial charge on any atom is 0.263 e. The van der Waals surface area contributed by atoms with E-state index in [0.29, 0.717) is 16.8 Å². The highest BCUT2D eigenvalue weighted by molar-refractivity contribution is 6.35. The summed E-state index contributed by atoms with van der Waals surface area (Å²) in [5.41, 5.74) is 0.976. The molecule has 0 saturated heterocycles. The molecule has 0 amide bonds. The molecule has 2 rings (SSSR count). The van der Waals surface area contributed by atoms with Gasteiger partial charge in [-0.2, -0.15) is 4.98 Å². The van der Waals surface area contributed by atoms with Gasteiger partial charge in [0.2, 0.25) is 5.28 Å². The van der Waals surface area contributed by atoms with Crippen molar-refractivity contribution in [1.82, 2.24) is 15.1 Å². The highest BCUT2D eigenvalue weighted by Gasteiger charge is 2.11. The number of aromatic nitrogens is 3. The van der Waals surface area contributed by atoms with Gasteiger partial charge in [0.25, 0.3) is 5.71 Å². The van der Waals surface area contributed by atoms with Crippen molar-refractivity contribution in [1.29, 1.82) is 0 Å². The van der Waals surface area contributed by atoms with Crippen LogP contribution in [0.1, 0.15) is 5.69 Å². The molecule has 0 bridgehead atoms. The van der Waals surface area contributed by atoms with Crippen LogP contribution in [-0.2, 0) is 0 Å². The molecular weight excluding hydrogens is 201 g/mol. The first-order valence-corrected chi connectivity index (χ1v) is 3.89. The van der Waals surface area contributed by atoms with Crippen LogP contribution >= 0.6 is 23.2 Å². The average Bonchev–Trinajstić information content (AvgIpc) is 2.31. The van der Waals surface area contributed by atoms with E-state index in [1.807, 2.05) is 0 Å². The third kappa shape index (κ3) is 1.04. The topological polar surface area (TPSA) is 51.8 Å². The average molecular weight is 204 g/mol. The van der Waals surface area contributed by atoms with Crippen molar-refractivity contribution in [2.24, 2.45) is 0 Å². The molecule has 2 heterocycles. The molecule has 0 fully saturated rings. The molecule has 4 nitrogen and oxygen atoms in total. The molecule has 0 atom stereocenters. The number of fused-ring (bicyclic) bond motifs is 1. The van der Waals surface area contributed by atoms with Crippen molar-refractivity contribution in [3.05, 3.63) is 16.1 Å². The summed E-state index contributed by atoms with van der Waals surface area (Å²) >= 11 is 11.3. The van der Waals surface area contributed by atoms with E-state index in [9.17, 15) is 0 Å². The largest absolute Gasteiger partial charge is 0.335 e. The summed E-state index contributed by atoms with van der Waals surface area (Å²) < 4.78 is 4.84. The van der Waals surface area contributed by atoms with Gasteiger partial charge in [0.1, 0.15) is 10.5 Å². The normalized spacial score (nSPS) is 10.9. The first-order valence-electron chi connectivity index (χ1n) is 3.13. The molecule has 6 heteroatoms. The Morgan fingerprint density at radius 3 is 2.75 bits per heavy atom. The minimum atomic E-state index is 0.0589. The van der Waals surface area contributed by atoms with Crippen LogP contribution in [0.25, 0.3) is 11.1 Å². The Balaban J connectivity index is 2.93. The second kappa shape index (κ2) is 2.57. The van der Waals surface area contributed by atoms with Gasteiger partial charge in [-0.3, -0.25) is 0 Å². The Bertz CT molecular complexity index is 440. The minimum absolute atomic E-state index is 0.0589. The van der Waals surface area contributed by atoms with Crippen molar-refractivity contribution in [2.75, 3.05) is 0 Å². The Kier molecular flexibility index (Phi) is 1.66. The fraction of sp³-hybridized carbons (Fsp3) is 0.167. The van der Waals surface area contributed by atoms with Crippen LogP contribution in [0.15, 0.2) is 4.52 Å². The van der Waals surface area contributed by atoms with Gasteiger partial charge < -0.3 is 4.52 Å². The summed E-state index contributed by atoms with van der Waals surface area (Å²) in [4.78, 5) is 7.55. The van der Waals surface area contributed by atoms with Gasteiger partial charge >= 0.3 is 0 Å². The molecule has 0 aliphatic heterocycles.